The molecule has 1 aliphatic carbocycles. The van der Waals surface area contributed by atoms with Gasteiger partial charge in [-0.2, -0.15) is 0 Å². The van der Waals surface area contributed by atoms with E-state index in [-0.39, 0.29) is 0 Å². The van der Waals surface area contributed by atoms with Gasteiger partial charge in [0, 0.05) is 10.9 Å². The highest BCUT2D eigenvalue weighted by molar-refractivity contribution is 6.30. The van der Waals surface area contributed by atoms with Crippen molar-refractivity contribution in [1.82, 2.24) is 14.8 Å². The van der Waals surface area contributed by atoms with Gasteiger partial charge in [0.1, 0.15) is 5.82 Å². The number of halogens is 2. The summed E-state index contributed by atoms with van der Waals surface area (Å²) in [6.45, 7) is 0.703. The molecule has 17 heavy (non-hydrogen) atoms. The zero-order chi connectivity index (χ0) is 11.8. The summed E-state index contributed by atoms with van der Waals surface area (Å²) in [6.07, 6.45) is 2.38. The molecule has 3 rings (SSSR count). The predicted molar refractivity (Wildman–Crippen MR) is 67.6 cm³/mol. The molecular weight excluding hydrogens is 257 g/mol. The molecule has 0 spiro atoms. The maximum absolute atomic E-state index is 6.06. The summed E-state index contributed by atoms with van der Waals surface area (Å²) in [5, 5.41) is 9.29. The molecule has 88 valence electrons. The molecule has 0 atom stereocenters. The van der Waals surface area contributed by atoms with E-state index in [9.17, 15) is 0 Å². The molecule has 0 N–H and O–H groups in total. The molecule has 0 saturated heterocycles. The van der Waals surface area contributed by atoms with Gasteiger partial charge < -0.3 is 0 Å². The van der Waals surface area contributed by atoms with Gasteiger partial charge in [0.2, 0.25) is 5.28 Å². The Hall–Kier alpha value is -1.06. The van der Waals surface area contributed by atoms with E-state index in [1.165, 1.54) is 12.8 Å². The Morgan fingerprint density at radius 3 is 2.47 bits per heavy atom. The highest BCUT2D eigenvalue weighted by Gasteiger charge is 2.29. The van der Waals surface area contributed by atoms with E-state index in [0.29, 0.717) is 17.7 Å². The zero-order valence-electron chi connectivity index (χ0n) is 9.11. The van der Waals surface area contributed by atoms with E-state index in [0.717, 1.165) is 16.4 Å². The lowest BCUT2D eigenvalue weighted by molar-refractivity contribution is 0.727. The number of hydrogen-bond acceptors (Lipinski definition) is 2. The number of benzene rings is 1. The van der Waals surface area contributed by atoms with Crippen LogP contribution in [0.4, 0.5) is 0 Å². The zero-order valence-corrected chi connectivity index (χ0v) is 10.6. The summed E-state index contributed by atoms with van der Waals surface area (Å²) >= 11 is 11.9. The Bertz CT molecular complexity index is 529. The molecule has 1 aromatic carbocycles. The summed E-state index contributed by atoms with van der Waals surface area (Å²) < 4.78 is 1.97. The van der Waals surface area contributed by atoms with Gasteiger partial charge in [-0.25, -0.2) is 0 Å². The van der Waals surface area contributed by atoms with Crippen molar-refractivity contribution in [2.75, 3.05) is 0 Å². The molecule has 1 heterocycles. The van der Waals surface area contributed by atoms with Crippen LogP contribution >= 0.6 is 23.2 Å². The highest BCUT2D eigenvalue weighted by atomic mass is 35.5. The summed E-state index contributed by atoms with van der Waals surface area (Å²) in [4.78, 5) is 0. The molecule has 2 aromatic rings. The first-order valence-corrected chi connectivity index (χ1v) is 6.32. The van der Waals surface area contributed by atoms with Crippen molar-refractivity contribution >= 4 is 23.2 Å². The summed E-state index contributed by atoms with van der Waals surface area (Å²) in [5.74, 6) is 1.55. The highest BCUT2D eigenvalue weighted by Crippen LogP contribution is 2.39. The number of aromatic nitrogens is 3. The van der Waals surface area contributed by atoms with Gasteiger partial charge in [0.25, 0.3) is 0 Å². The van der Waals surface area contributed by atoms with Crippen molar-refractivity contribution in [1.29, 1.82) is 0 Å². The van der Waals surface area contributed by atoms with Crippen molar-refractivity contribution in [3.05, 3.63) is 46.0 Å². The van der Waals surface area contributed by atoms with Gasteiger partial charge in [-0.3, -0.25) is 4.57 Å². The third-order valence-electron chi connectivity index (χ3n) is 2.93. The number of nitrogens with zero attached hydrogens (tertiary/aromatic N) is 3. The van der Waals surface area contributed by atoms with Crippen LogP contribution in [0.25, 0.3) is 0 Å². The lowest BCUT2D eigenvalue weighted by Gasteiger charge is -2.07. The first-order valence-electron chi connectivity index (χ1n) is 5.57. The minimum Gasteiger partial charge on any atom is -0.297 e. The molecule has 5 heteroatoms. The second-order valence-corrected chi connectivity index (χ2v) is 5.09. The summed E-state index contributed by atoms with van der Waals surface area (Å²) in [7, 11) is 0. The largest absolute Gasteiger partial charge is 0.297 e. The van der Waals surface area contributed by atoms with E-state index >= 15 is 0 Å². The van der Waals surface area contributed by atoms with Crippen LogP contribution in [0.2, 0.25) is 10.3 Å². The molecule has 1 fully saturated rings. The lowest BCUT2D eigenvalue weighted by atomic mass is 10.2. The predicted octanol–water partition coefficient (Wildman–Crippen LogP) is 3.51. The average Bonchev–Trinajstić information content (AvgIpc) is 3.10. The Balaban J connectivity index is 1.89. The first-order chi connectivity index (χ1) is 8.24. The van der Waals surface area contributed by atoms with Crippen molar-refractivity contribution < 1.29 is 0 Å². The van der Waals surface area contributed by atoms with Gasteiger partial charge in [-0.05, 0) is 42.1 Å². The Kier molecular flexibility index (Phi) is 2.81. The molecule has 0 unspecified atom stereocenters. The van der Waals surface area contributed by atoms with Crippen LogP contribution in [-0.4, -0.2) is 14.8 Å². The maximum atomic E-state index is 6.06. The Morgan fingerprint density at radius 1 is 1.12 bits per heavy atom. The SMILES string of the molecule is Clc1ccc(Cn2c(Cl)nnc2C2CC2)cc1. The third kappa shape index (κ3) is 2.31. The van der Waals surface area contributed by atoms with Crippen molar-refractivity contribution in [2.45, 2.75) is 25.3 Å². The third-order valence-corrected chi connectivity index (χ3v) is 3.46. The standard InChI is InChI=1S/C12H11Cl2N3/c13-10-5-1-8(2-6-10)7-17-11(9-3-4-9)15-16-12(17)14/h1-2,5-6,9H,3-4,7H2. The second kappa shape index (κ2) is 4.31. The molecular formula is C12H11Cl2N3. The Morgan fingerprint density at radius 2 is 1.82 bits per heavy atom. The van der Waals surface area contributed by atoms with Crippen LogP contribution in [0.15, 0.2) is 24.3 Å². The van der Waals surface area contributed by atoms with Gasteiger partial charge in [-0.1, -0.05) is 23.7 Å². The number of rotatable bonds is 3. The summed E-state index contributed by atoms with van der Waals surface area (Å²) in [6, 6.07) is 7.75. The minimum absolute atomic E-state index is 0.460. The van der Waals surface area contributed by atoms with Crippen LogP contribution in [-0.2, 0) is 6.54 Å². The number of hydrogen-bond donors (Lipinski definition) is 0. The van der Waals surface area contributed by atoms with Crippen LogP contribution in [0.1, 0.15) is 30.1 Å². The van der Waals surface area contributed by atoms with E-state index in [1.54, 1.807) is 0 Å². The molecule has 0 amide bonds. The normalized spacial score (nSPS) is 15.2. The van der Waals surface area contributed by atoms with Crippen LogP contribution in [0.3, 0.4) is 0 Å². The molecule has 0 aliphatic heterocycles. The van der Waals surface area contributed by atoms with E-state index in [4.69, 9.17) is 23.2 Å². The molecule has 1 aromatic heterocycles. The van der Waals surface area contributed by atoms with E-state index in [1.807, 2.05) is 28.8 Å². The van der Waals surface area contributed by atoms with Crippen molar-refractivity contribution in [3.63, 3.8) is 0 Å². The van der Waals surface area contributed by atoms with Gasteiger partial charge >= 0.3 is 0 Å². The van der Waals surface area contributed by atoms with E-state index < -0.39 is 0 Å². The van der Waals surface area contributed by atoms with Crippen LogP contribution in [0, 0.1) is 0 Å². The smallest absolute Gasteiger partial charge is 0.225 e. The van der Waals surface area contributed by atoms with Gasteiger partial charge in [0.05, 0.1) is 6.54 Å². The maximum Gasteiger partial charge on any atom is 0.225 e. The van der Waals surface area contributed by atoms with Gasteiger partial charge in [-0.15, -0.1) is 10.2 Å². The van der Waals surface area contributed by atoms with Crippen molar-refractivity contribution in [2.24, 2.45) is 0 Å². The second-order valence-electron chi connectivity index (χ2n) is 4.31. The molecule has 0 bridgehead atoms. The molecule has 3 nitrogen and oxygen atoms in total. The Labute approximate surface area is 109 Å². The fourth-order valence-electron chi connectivity index (χ4n) is 1.86. The van der Waals surface area contributed by atoms with Gasteiger partial charge in [0.15, 0.2) is 0 Å². The lowest BCUT2D eigenvalue weighted by Crippen LogP contribution is -2.04. The fourth-order valence-corrected chi connectivity index (χ4v) is 2.17. The van der Waals surface area contributed by atoms with Crippen LogP contribution in [0.5, 0.6) is 0 Å². The fraction of sp³-hybridized carbons (Fsp3) is 0.333. The topological polar surface area (TPSA) is 30.7 Å². The first kappa shape index (κ1) is 11.1. The summed E-state index contributed by atoms with van der Waals surface area (Å²) in [5.41, 5.74) is 1.15. The molecule has 0 radical (unpaired) electrons. The minimum atomic E-state index is 0.460. The quantitative estimate of drug-likeness (QED) is 0.852. The van der Waals surface area contributed by atoms with Crippen LogP contribution < -0.4 is 0 Å². The van der Waals surface area contributed by atoms with E-state index in [2.05, 4.69) is 10.2 Å². The molecule has 1 aliphatic rings. The average molecular weight is 268 g/mol. The monoisotopic (exact) mass is 267 g/mol. The van der Waals surface area contributed by atoms with Crippen molar-refractivity contribution in [3.8, 4) is 0 Å². The molecule has 1 saturated carbocycles.